The van der Waals surface area contributed by atoms with Crippen molar-refractivity contribution in [2.75, 3.05) is 28.4 Å². The lowest BCUT2D eigenvalue weighted by Crippen LogP contribution is -2.69. The van der Waals surface area contributed by atoms with E-state index in [-0.39, 0.29) is 77.6 Å². The van der Waals surface area contributed by atoms with Gasteiger partial charge in [0.25, 0.3) is 0 Å². The third-order valence-electron chi connectivity index (χ3n) is 23.4. The lowest BCUT2D eigenvalue weighted by molar-refractivity contribution is -0.372. The summed E-state index contributed by atoms with van der Waals surface area (Å²) in [5.74, 6) is -2.43. The van der Waals surface area contributed by atoms with Gasteiger partial charge in [-0.1, -0.05) is 93.7 Å². The highest BCUT2D eigenvalue weighted by Crippen LogP contribution is 2.76. The first kappa shape index (κ1) is 70.2. The highest BCUT2D eigenvalue weighted by atomic mass is 16.8. The third kappa shape index (κ3) is 13.3. The van der Waals surface area contributed by atoms with Gasteiger partial charge in [0.2, 0.25) is 0 Å². The van der Waals surface area contributed by atoms with Gasteiger partial charge >= 0.3 is 11.9 Å². The van der Waals surface area contributed by atoms with Gasteiger partial charge in [-0.25, -0.2) is 4.79 Å². The normalized spacial score (nSPS) is 43.6. The van der Waals surface area contributed by atoms with E-state index in [1.54, 1.807) is 14.0 Å². The van der Waals surface area contributed by atoms with Crippen molar-refractivity contribution in [1.29, 1.82) is 0 Å². The molecule has 0 bridgehead atoms. The maximum Gasteiger partial charge on any atom is 0.335 e. The average Bonchev–Trinajstić information content (AvgIpc) is 0.846. The van der Waals surface area contributed by atoms with Crippen LogP contribution in [0.2, 0.25) is 0 Å². The summed E-state index contributed by atoms with van der Waals surface area (Å²) in [4.78, 5) is 39.1. The molecule has 5 aliphatic carbocycles. The van der Waals surface area contributed by atoms with Crippen molar-refractivity contribution < 1.29 is 103 Å². The molecule has 0 spiro atoms. The standard InChI is InChI=1S/C64H108O21/c1-16-33(3)40(76-12)26-36(66)28-46(69)81-41(34(4)17-2)27-37(67)29-47(70)83-51-48(71)35(5)80-56(54(51)79-15)85-58(75)64-25-24-59(6,7)30-39(64)38-18-19-43-60(8)22-21-45(82-57-53(78-14)50(77-13)49(72)52(84-57)55(73)74)61(9,32-65)42(60)20-23-62(43,10)63(38,11)31-44(64)68/h18,32-37,39-45,47-54,56-58,66-68,70-72,75H,16-17,19-31H2,1-15H3,(H,73,74)/t33?,34?,35?,36?,37?,39-,40?,41?,42?,43?,44?,45?,47?,48?,49?,50?,51?,52?,53?,54?,56?,57?,58?,60?,61?,62?,63?,64-/m1/s1. The van der Waals surface area contributed by atoms with Crippen LogP contribution in [0, 0.1) is 62.1 Å². The van der Waals surface area contributed by atoms with Crippen LogP contribution in [0.5, 0.6) is 0 Å². The number of hydrogen-bond donors (Lipinski definition) is 8. The molecule has 85 heavy (non-hydrogen) atoms. The van der Waals surface area contributed by atoms with Crippen molar-refractivity contribution in [3.05, 3.63) is 11.6 Å². The van der Waals surface area contributed by atoms with Gasteiger partial charge in [-0.3, -0.25) is 4.79 Å². The van der Waals surface area contributed by atoms with E-state index < -0.39 is 133 Å². The zero-order valence-corrected chi connectivity index (χ0v) is 53.4. The summed E-state index contributed by atoms with van der Waals surface area (Å²) in [5.41, 5.74) is -2.57. The largest absolute Gasteiger partial charge is 0.479 e. The maximum absolute atomic E-state index is 13.7. The molecule has 490 valence electrons. The number of methoxy groups -OCH3 is 4. The van der Waals surface area contributed by atoms with Crippen molar-refractivity contribution in [3.63, 3.8) is 0 Å². The van der Waals surface area contributed by atoms with Crippen LogP contribution >= 0.6 is 0 Å². The summed E-state index contributed by atoms with van der Waals surface area (Å²) in [7, 11) is 5.72. The zero-order chi connectivity index (χ0) is 63.1. The van der Waals surface area contributed by atoms with Crippen molar-refractivity contribution in [2.45, 2.75) is 283 Å². The number of hydrogen-bond acceptors (Lipinski definition) is 20. The summed E-state index contributed by atoms with van der Waals surface area (Å²) < 4.78 is 60.2. The number of carbonyl (C=O) groups excluding carboxylic acids is 2. The number of carboxylic acids is 1. The van der Waals surface area contributed by atoms with Gasteiger partial charge in [0.05, 0.1) is 53.9 Å². The van der Waals surface area contributed by atoms with E-state index in [1.165, 1.54) is 26.9 Å². The molecule has 6 fully saturated rings. The number of carbonyl (C=O) groups is 3. The average molecular weight is 1210 g/mol. The quantitative estimate of drug-likeness (QED) is 0.0162. The number of aldehydes is 1. The Hall–Kier alpha value is -2.29. The fourth-order valence-corrected chi connectivity index (χ4v) is 17.6. The highest BCUT2D eigenvalue weighted by molar-refractivity contribution is 5.73. The lowest BCUT2D eigenvalue weighted by atomic mass is 9.33. The van der Waals surface area contributed by atoms with Crippen molar-refractivity contribution in [2.24, 2.45) is 62.1 Å². The first-order chi connectivity index (χ1) is 39.8. The molecule has 21 heteroatoms. The van der Waals surface area contributed by atoms with Crippen LogP contribution in [0.25, 0.3) is 0 Å². The highest BCUT2D eigenvalue weighted by Gasteiger charge is 2.72. The summed E-state index contributed by atoms with van der Waals surface area (Å²) in [6.07, 6.45) is -11.0. The molecule has 0 aromatic carbocycles. The second kappa shape index (κ2) is 27.7. The van der Waals surface area contributed by atoms with E-state index in [1.807, 2.05) is 34.6 Å². The number of rotatable bonds is 26. The fraction of sp³-hybridized carbons (Fsp3) is 0.922. The molecule has 2 heterocycles. The minimum atomic E-state index is -1.64. The number of carboxylic acid groups (broad SMARTS) is 1. The van der Waals surface area contributed by atoms with E-state index in [9.17, 15) is 55.2 Å². The third-order valence-corrected chi connectivity index (χ3v) is 23.4. The number of allylic oxidation sites excluding steroid dienone is 2. The molecule has 0 aromatic rings. The van der Waals surface area contributed by atoms with Crippen LogP contribution in [0.4, 0.5) is 0 Å². The number of aliphatic carboxylic acids is 1. The second-order valence-electron chi connectivity index (χ2n) is 28.6. The molecule has 0 amide bonds. The Morgan fingerprint density at radius 3 is 1.95 bits per heavy atom. The molecule has 2 saturated heterocycles. The van der Waals surface area contributed by atoms with Gasteiger partial charge in [-0.15, -0.1) is 0 Å². The number of ether oxygens (including phenoxy) is 10. The Kier molecular flexibility index (Phi) is 22.8. The number of esters is 1. The Morgan fingerprint density at radius 1 is 0.729 bits per heavy atom. The van der Waals surface area contributed by atoms with Gasteiger partial charge in [0, 0.05) is 47.7 Å². The first-order valence-corrected chi connectivity index (χ1v) is 31.6. The van der Waals surface area contributed by atoms with E-state index in [4.69, 9.17) is 47.4 Å². The molecule has 2 aliphatic heterocycles. The Morgan fingerprint density at radius 2 is 1.35 bits per heavy atom. The first-order valence-electron chi connectivity index (χ1n) is 31.6. The molecule has 21 nitrogen and oxygen atoms in total. The van der Waals surface area contributed by atoms with Crippen LogP contribution in [0.3, 0.4) is 0 Å². The summed E-state index contributed by atoms with van der Waals surface area (Å²) in [5, 5.41) is 92.0. The van der Waals surface area contributed by atoms with E-state index in [0.717, 1.165) is 19.1 Å². The molecule has 7 aliphatic rings. The predicted molar refractivity (Wildman–Crippen MR) is 309 cm³/mol. The molecule has 0 radical (unpaired) electrons. The van der Waals surface area contributed by atoms with E-state index >= 15 is 0 Å². The van der Waals surface area contributed by atoms with Crippen molar-refractivity contribution in [1.82, 2.24) is 0 Å². The van der Waals surface area contributed by atoms with Gasteiger partial charge in [-0.05, 0) is 116 Å². The van der Waals surface area contributed by atoms with Crippen LogP contribution < -0.4 is 0 Å². The molecule has 0 aromatic heterocycles. The Labute approximate surface area is 504 Å². The van der Waals surface area contributed by atoms with E-state index in [2.05, 4.69) is 40.7 Å². The SMILES string of the molecule is CCC(C)C(CC(O)CC(=O)OC(CC(O)CC(O)OC1C(O)C(C)OC(OC(O)[C@]23CCC(C)(C)C[C@@H]2C2=CCC4C5(C)CCC(OC6OC(C(=O)O)C(O)C(OC)C6OC)C(C)(C=O)C5CCC4(C)C2(C)CC3O)C1OC)C(C)CC)OC. The predicted octanol–water partition coefficient (Wildman–Crippen LogP) is 5.98. The Balaban J connectivity index is 1.07. The minimum Gasteiger partial charge on any atom is -0.479 e. The Bertz CT molecular complexity index is 2270. The lowest BCUT2D eigenvalue weighted by Gasteiger charge is -2.72. The summed E-state index contributed by atoms with van der Waals surface area (Å²) in [6.45, 7) is 22.7. The zero-order valence-electron chi connectivity index (χ0n) is 53.4. The molecule has 28 atom stereocenters. The smallest absolute Gasteiger partial charge is 0.335 e. The van der Waals surface area contributed by atoms with Crippen molar-refractivity contribution in [3.8, 4) is 0 Å². The van der Waals surface area contributed by atoms with Gasteiger partial charge in [-0.2, -0.15) is 0 Å². The van der Waals surface area contributed by atoms with Gasteiger partial charge < -0.3 is 93.0 Å². The second-order valence-corrected chi connectivity index (χ2v) is 28.6. The van der Waals surface area contributed by atoms with Crippen LogP contribution in [0.15, 0.2) is 11.6 Å². The molecule has 7 rings (SSSR count). The molecule has 4 saturated carbocycles. The van der Waals surface area contributed by atoms with Crippen molar-refractivity contribution >= 4 is 18.2 Å². The molecular weight excluding hydrogens is 1100 g/mol. The number of aliphatic hydroxyl groups is 7. The van der Waals surface area contributed by atoms with E-state index in [0.29, 0.717) is 57.8 Å². The minimum absolute atomic E-state index is 0.0360. The molecular formula is C64H108O21. The van der Waals surface area contributed by atoms with Gasteiger partial charge in [0.15, 0.2) is 31.3 Å². The topological polar surface area (TPSA) is 305 Å². The van der Waals surface area contributed by atoms with Crippen LogP contribution in [0.1, 0.15) is 172 Å². The van der Waals surface area contributed by atoms with Crippen LogP contribution in [-0.2, 0) is 61.8 Å². The number of fused-ring (bicyclic) bond motifs is 7. The monoisotopic (exact) mass is 1210 g/mol. The van der Waals surface area contributed by atoms with Crippen LogP contribution in [-0.4, -0.2) is 198 Å². The summed E-state index contributed by atoms with van der Waals surface area (Å²) >= 11 is 0. The fourth-order valence-electron chi connectivity index (χ4n) is 17.6. The maximum atomic E-state index is 13.7. The number of aliphatic hydroxyl groups excluding tert-OH is 7. The molecule has 8 N–H and O–H groups in total. The summed E-state index contributed by atoms with van der Waals surface area (Å²) in [6, 6.07) is 0. The molecule has 26 unspecified atom stereocenters. The van der Waals surface area contributed by atoms with Gasteiger partial charge in [0.1, 0.15) is 49.0 Å².